The summed E-state index contributed by atoms with van der Waals surface area (Å²) in [6, 6.07) is 10.2. The lowest BCUT2D eigenvalue weighted by Gasteiger charge is -2.48. The van der Waals surface area contributed by atoms with Crippen molar-refractivity contribution >= 4 is 5.97 Å². The summed E-state index contributed by atoms with van der Waals surface area (Å²) < 4.78 is 12.0. The van der Waals surface area contributed by atoms with Gasteiger partial charge in [0.2, 0.25) is 0 Å². The first kappa shape index (κ1) is 21.9. The van der Waals surface area contributed by atoms with Crippen LogP contribution in [0.1, 0.15) is 79.7 Å². The van der Waals surface area contributed by atoms with Gasteiger partial charge in [-0.25, -0.2) is 0 Å². The van der Waals surface area contributed by atoms with Gasteiger partial charge in [-0.05, 0) is 36.2 Å². The number of rotatable bonds is 6. The van der Waals surface area contributed by atoms with E-state index in [1.165, 1.54) is 0 Å². The van der Waals surface area contributed by atoms with Gasteiger partial charge >= 0.3 is 5.97 Å². The Kier molecular flexibility index (Phi) is 6.46. The van der Waals surface area contributed by atoms with E-state index >= 15 is 0 Å². The highest BCUT2D eigenvalue weighted by Crippen LogP contribution is 2.51. The van der Waals surface area contributed by atoms with Crippen molar-refractivity contribution in [3.63, 3.8) is 0 Å². The van der Waals surface area contributed by atoms with Crippen molar-refractivity contribution in [2.24, 2.45) is 16.2 Å². The lowest BCUT2D eigenvalue weighted by molar-refractivity contribution is -0.193. The Morgan fingerprint density at radius 2 is 1.59 bits per heavy atom. The second-order valence-corrected chi connectivity index (χ2v) is 10.2. The van der Waals surface area contributed by atoms with Gasteiger partial charge in [0.25, 0.3) is 0 Å². The van der Waals surface area contributed by atoms with E-state index in [4.69, 9.17) is 9.47 Å². The Morgan fingerprint density at radius 1 is 1.04 bits per heavy atom. The van der Waals surface area contributed by atoms with Crippen molar-refractivity contribution in [3.05, 3.63) is 35.9 Å². The van der Waals surface area contributed by atoms with Crippen molar-refractivity contribution in [2.45, 2.75) is 79.8 Å². The largest absolute Gasteiger partial charge is 0.454 e. The molecule has 0 saturated carbocycles. The van der Waals surface area contributed by atoms with Crippen molar-refractivity contribution in [1.29, 1.82) is 0 Å². The normalized spacial score (nSPS) is 20.0. The molecule has 1 heterocycles. The van der Waals surface area contributed by atoms with E-state index in [0.29, 0.717) is 26.1 Å². The molecule has 3 heteroatoms. The molecule has 0 spiro atoms. The number of esters is 1. The zero-order valence-corrected chi connectivity index (χ0v) is 18.4. The van der Waals surface area contributed by atoms with Crippen LogP contribution in [-0.2, 0) is 19.9 Å². The number of hydrogen-bond acceptors (Lipinski definition) is 3. The van der Waals surface area contributed by atoms with Gasteiger partial charge in [-0.15, -0.1) is 0 Å². The van der Waals surface area contributed by atoms with Crippen LogP contribution in [0.25, 0.3) is 0 Å². The summed E-state index contributed by atoms with van der Waals surface area (Å²) in [4.78, 5) is 13.7. The SMILES string of the molecule is CCC(C)(C)C(C)(CC(C)(C)C)C(=O)OC1(c2ccccc2)CCOCC1. The molecule has 0 aliphatic carbocycles. The van der Waals surface area contributed by atoms with Gasteiger partial charge in [-0.2, -0.15) is 0 Å². The van der Waals surface area contributed by atoms with Crippen LogP contribution in [-0.4, -0.2) is 19.2 Å². The van der Waals surface area contributed by atoms with E-state index < -0.39 is 11.0 Å². The lowest BCUT2D eigenvalue weighted by atomic mass is 9.59. The molecule has 27 heavy (non-hydrogen) atoms. The fourth-order valence-corrected chi connectivity index (χ4v) is 4.22. The van der Waals surface area contributed by atoms with Crippen LogP contribution in [0, 0.1) is 16.2 Å². The fraction of sp³-hybridized carbons (Fsp3) is 0.708. The molecule has 1 aromatic rings. The molecular formula is C24H38O3. The van der Waals surface area contributed by atoms with Crippen LogP contribution < -0.4 is 0 Å². The van der Waals surface area contributed by atoms with E-state index in [-0.39, 0.29) is 16.8 Å². The van der Waals surface area contributed by atoms with E-state index in [9.17, 15) is 4.79 Å². The van der Waals surface area contributed by atoms with Crippen LogP contribution in [0.2, 0.25) is 0 Å². The van der Waals surface area contributed by atoms with Gasteiger partial charge in [0, 0.05) is 12.8 Å². The number of hydrogen-bond donors (Lipinski definition) is 0. The van der Waals surface area contributed by atoms with E-state index in [1.54, 1.807) is 0 Å². The second kappa shape index (κ2) is 7.95. The molecule has 0 aromatic heterocycles. The summed E-state index contributed by atoms with van der Waals surface area (Å²) in [6.45, 7) is 16.5. The highest BCUT2D eigenvalue weighted by Gasteiger charge is 2.52. The van der Waals surface area contributed by atoms with E-state index in [2.05, 4.69) is 60.6 Å². The Labute approximate surface area is 165 Å². The van der Waals surface area contributed by atoms with Gasteiger partial charge in [0.1, 0.15) is 5.60 Å². The highest BCUT2D eigenvalue weighted by molar-refractivity contribution is 5.78. The van der Waals surface area contributed by atoms with Crippen molar-refractivity contribution in [3.8, 4) is 0 Å². The average molecular weight is 375 g/mol. The Bertz CT molecular complexity index is 621. The molecule has 0 bridgehead atoms. The topological polar surface area (TPSA) is 35.5 Å². The molecule has 1 aliphatic heterocycles. The second-order valence-electron chi connectivity index (χ2n) is 10.2. The maximum atomic E-state index is 13.7. The molecule has 2 rings (SSSR count). The molecule has 1 unspecified atom stereocenters. The van der Waals surface area contributed by atoms with Gasteiger partial charge in [0.05, 0.1) is 18.6 Å². The zero-order chi connectivity index (χ0) is 20.3. The molecule has 1 atom stereocenters. The molecule has 1 aliphatic rings. The maximum absolute atomic E-state index is 13.7. The molecule has 0 N–H and O–H groups in total. The fourth-order valence-electron chi connectivity index (χ4n) is 4.22. The molecule has 1 saturated heterocycles. The Balaban J connectivity index is 2.41. The van der Waals surface area contributed by atoms with Crippen LogP contribution >= 0.6 is 0 Å². The summed E-state index contributed by atoms with van der Waals surface area (Å²) in [5.41, 5.74) is -0.176. The van der Waals surface area contributed by atoms with E-state index in [1.807, 2.05) is 18.2 Å². The molecule has 152 valence electrons. The minimum absolute atomic E-state index is 0.0375. The predicted molar refractivity (Wildman–Crippen MR) is 111 cm³/mol. The van der Waals surface area contributed by atoms with Crippen LogP contribution in [0.15, 0.2) is 30.3 Å². The monoisotopic (exact) mass is 374 g/mol. The number of ether oxygens (including phenoxy) is 2. The highest BCUT2D eigenvalue weighted by atomic mass is 16.6. The minimum Gasteiger partial charge on any atom is -0.454 e. The minimum atomic E-state index is -0.584. The first-order valence-electron chi connectivity index (χ1n) is 10.3. The summed E-state index contributed by atoms with van der Waals surface area (Å²) >= 11 is 0. The van der Waals surface area contributed by atoms with Gasteiger partial charge in [0.15, 0.2) is 0 Å². The molecule has 1 fully saturated rings. The van der Waals surface area contributed by atoms with Crippen molar-refractivity contribution < 1.29 is 14.3 Å². The summed E-state index contributed by atoms with van der Waals surface area (Å²) in [7, 11) is 0. The molecule has 3 nitrogen and oxygen atoms in total. The summed E-state index contributed by atoms with van der Waals surface area (Å²) in [6.07, 6.45) is 3.14. The van der Waals surface area contributed by atoms with Crippen LogP contribution in [0.3, 0.4) is 0 Å². The Hall–Kier alpha value is -1.35. The third-order valence-corrected chi connectivity index (χ3v) is 6.60. The molecule has 0 amide bonds. The molecule has 1 aromatic carbocycles. The Morgan fingerprint density at radius 3 is 2.07 bits per heavy atom. The number of carbonyl (C=O) groups excluding carboxylic acids is 1. The van der Waals surface area contributed by atoms with E-state index in [0.717, 1.165) is 18.4 Å². The third-order valence-electron chi connectivity index (χ3n) is 6.60. The van der Waals surface area contributed by atoms with Crippen molar-refractivity contribution in [2.75, 3.05) is 13.2 Å². The molecular weight excluding hydrogens is 336 g/mol. The maximum Gasteiger partial charge on any atom is 0.313 e. The first-order chi connectivity index (χ1) is 12.5. The van der Waals surface area contributed by atoms with Gasteiger partial charge in [-0.3, -0.25) is 4.79 Å². The number of benzene rings is 1. The smallest absolute Gasteiger partial charge is 0.313 e. The quantitative estimate of drug-likeness (QED) is 0.563. The predicted octanol–water partition coefficient (Wildman–Crippen LogP) is 6.11. The zero-order valence-electron chi connectivity index (χ0n) is 18.4. The summed E-state index contributed by atoms with van der Waals surface area (Å²) in [5.74, 6) is -0.0740. The van der Waals surface area contributed by atoms with Crippen LogP contribution in [0.4, 0.5) is 0 Å². The first-order valence-corrected chi connectivity index (χ1v) is 10.3. The average Bonchev–Trinajstić information content (AvgIpc) is 2.61. The number of carbonyl (C=O) groups is 1. The van der Waals surface area contributed by atoms with Gasteiger partial charge in [-0.1, -0.05) is 71.9 Å². The lowest BCUT2D eigenvalue weighted by Crippen LogP contribution is -2.49. The summed E-state index contributed by atoms with van der Waals surface area (Å²) in [5, 5.41) is 0. The van der Waals surface area contributed by atoms with Crippen molar-refractivity contribution in [1.82, 2.24) is 0 Å². The third kappa shape index (κ3) is 4.74. The standard InChI is InChI=1S/C24H38O3/c1-8-22(5,6)23(7,18-21(2,3)4)20(25)27-24(14-16-26-17-15-24)19-12-10-9-11-13-19/h9-13H,8,14-18H2,1-7H3. The van der Waals surface area contributed by atoms with Crippen LogP contribution in [0.5, 0.6) is 0 Å². The molecule has 0 radical (unpaired) electrons. The van der Waals surface area contributed by atoms with Gasteiger partial charge < -0.3 is 9.47 Å².